The van der Waals surface area contributed by atoms with Crippen LogP contribution in [0.5, 0.6) is 17.2 Å². The lowest BCUT2D eigenvalue weighted by Crippen LogP contribution is -2.32. The number of methoxy groups -OCH3 is 2. The number of rotatable bonds is 9. The molecule has 42 heavy (non-hydrogen) atoms. The van der Waals surface area contributed by atoms with Crippen LogP contribution in [0.3, 0.4) is 0 Å². The molecule has 0 radical (unpaired) electrons. The van der Waals surface area contributed by atoms with Crippen LogP contribution in [0.4, 0.5) is 17.2 Å². The average molecular weight is 568 g/mol. The Morgan fingerprint density at radius 2 is 1.69 bits per heavy atom. The number of ether oxygens (including phenoxy) is 3. The second-order valence-electron chi connectivity index (χ2n) is 9.74. The molecule has 2 heterocycles. The minimum Gasteiger partial charge on any atom is -0.495 e. The molecule has 0 spiro atoms. The lowest BCUT2D eigenvalue weighted by molar-refractivity contribution is -0.113. The Kier molecular flexibility index (Phi) is 8.14. The van der Waals surface area contributed by atoms with Gasteiger partial charge in [0.1, 0.15) is 23.2 Å². The van der Waals surface area contributed by atoms with E-state index in [-0.39, 0.29) is 11.8 Å². The van der Waals surface area contributed by atoms with Gasteiger partial charge in [-0.25, -0.2) is 4.68 Å². The second-order valence-corrected chi connectivity index (χ2v) is 9.74. The van der Waals surface area contributed by atoms with Gasteiger partial charge in [0, 0.05) is 11.4 Å². The van der Waals surface area contributed by atoms with Gasteiger partial charge < -0.3 is 30.2 Å². The maximum Gasteiger partial charge on any atom is 0.261 e. The third-order valence-corrected chi connectivity index (χ3v) is 6.95. The number of allylic oxidation sites excluding steroid dienone is 1. The zero-order valence-electron chi connectivity index (χ0n) is 24.1. The first-order chi connectivity index (χ1) is 20.3. The number of hydrogen-bond acceptors (Lipinski definition) is 7. The predicted octanol–water partition coefficient (Wildman–Crippen LogP) is 5.79. The summed E-state index contributed by atoms with van der Waals surface area (Å²) in [5, 5.41) is 13.8. The lowest BCUT2D eigenvalue weighted by Gasteiger charge is -2.30. The molecule has 1 aliphatic heterocycles. The van der Waals surface area contributed by atoms with Gasteiger partial charge in [-0.3, -0.25) is 9.59 Å². The van der Waals surface area contributed by atoms with Crippen LogP contribution < -0.4 is 30.2 Å². The minimum atomic E-state index is -0.693. The number of aryl methyl sites for hydroxylation is 1. The van der Waals surface area contributed by atoms with Gasteiger partial charge in [0.2, 0.25) is 0 Å². The highest BCUT2D eigenvalue weighted by atomic mass is 16.5. The summed E-state index contributed by atoms with van der Waals surface area (Å²) in [5.41, 5.74) is 4.26. The molecule has 1 aliphatic rings. The van der Waals surface area contributed by atoms with Crippen LogP contribution in [0.15, 0.2) is 84.2 Å². The highest BCUT2D eigenvalue weighted by Crippen LogP contribution is 2.41. The third kappa shape index (κ3) is 5.51. The second kappa shape index (κ2) is 12.1. The number of nitrogens with zero attached hydrogens (tertiary/aromatic N) is 2. The van der Waals surface area contributed by atoms with Crippen molar-refractivity contribution >= 4 is 29.0 Å². The van der Waals surface area contributed by atoms with Crippen molar-refractivity contribution in [3.05, 3.63) is 101 Å². The van der Waals surface area contributed by atoms with Crippen LogP contribution >= 0.6 is 0 Å². The fourth-order valence-electron chi connectivity index (χ4n) is 5.01. The van der Waals surface area contributed by atoms with Crippen molar-refractivity contribution in [3.8, 4) is 17.2 Å². The number of fused-ring (bicyclic) bond motifs is 1. The predicted molar refractivity (Wildman–Crippen MR) is 162 cm³/mol. The molecule has 3 N–H and O–H groups in total. The van der Waals surface area contributed by atoms with Crippen LogP contribution in [0.2, 0.25) is 0 Å². The van der Waals surface area contributed by atoms with E-state index in [4.69, 9.17) is 14.2 Å². The number of anilines is 3. The fraction of sp³-hybridized carbons (Fsp3) is 0.219. The van der Waals surface area contributed by atoms with E-state index >= 15 is 0 Å². The normalized spacial score (nSPS) is 14.0. The zero-order chi connectivity index (χ0) is 29.8. The molecule has 0 bridgehead atoms. The van der Waals surface area contributed by atoms with E-state index in [9.17, 15) is 9.59 Å². The van der Waals surface area contributed by atoms with E-state index in [1.54, 1.807) is 44.0 Å². The molecule has 4 aromatic rings. The number of para-hydroxylation sites is 2. The highest BCUT2D eigenvalue weighted by Gasteiger charge is 2.36. The molecular weight excluding hydrogens is 534 g/mol. The van der Waals surface area contributed by atoms with Gasteiger partial charge in [-0.1, -0.05) is 30.3 Å². The summed E-state index contributed by atoms with van der Waals surface area (Å²) >= 11 is 0. The summed E-state index contributed by atoms with van der Waals surface area (Å²) in [6.07, 6.45) is 1.50. The monoisotopic (exact) mass is 567 g/mol. The van der Waals surface area contributed by atoms with Crippen molar-refractivity contribution in [2.75, 3.05) is 36.8 Å². The van der Waals surface area contributed by atoms with Crippen LogP contribution in [-0.2, 0) is 4.79 Å². The number of aromatic nitrogens is 2. The molecule has 0 fully saturated rings. The smallest absolute Gasteiger partial charge is 0.261 e. The van der Waals surface area contributed by atoms with Crippen LogP contribution in [-0.4, -0.2) is 42.4 Å². The Balaban J connectivity index is 1.58. The molecule has 3 aromatic carbocycles. The summed E-state index contributed by atoms with van der Waals surface area (Å²) in [4.78, 5) is 27.3. The molecule has 0 saturated heterocycles. The molecule has 0 saturated carbocycles. The molecule has 1 atom stereocenters. The highest BCUT2D eigenvalue weighted by molar-refractivity contribution is 6.09. The van der Waals surface area contributed by atoms with Crippen molar-refractivity contribution in [3.63, 3.8) is 0 Å². The summed E-state index contributed by atoms with van der Waals surface area (Å²) in [5.74, 6) is 1.41. The number of hydrogen-bond donors (Lipinski definition) is 3. The van der Waals surface area contributed by atoms with Gasteiger partial charge in [-0.2, -0.15) is 5.10 Å². The molecule has 216 valence electrons. The summed E-state index contributed by atoms with van der Waals surface area (Å²) in [6.45, 7) is 6.12. The SMILES string of the molecule is CCOc1ccc([C@@H]2C(C(=O)Nc3ccccc3OC)=C(C)Nc3c(C(=O)Nc4cccc(C)c4)cnn32)cc1OC. The largest absolute Gasteiger partial charge is 0.495 e. The van der Waals surface area contributed by atoms with Gasteiger partial charge in [0.15, 0.2) is 11.5 Å². The maximum atomic E-state index is 13.9. The van der Waals surface area contributed by atoms with Gasteiger partial charge in [0.25, 0.3) is 11.8 Å². The van der Waals surface area contributed by atoms with Crippen molar-refractivity contribution in [2.45, 2.75) is 26.8 Å². The summed E-state index contributed by atoms with van der Waals surface area (Å²) < 4.78 is 18.4. The van der Waals surface area contributed by atoms with Crippen molar-refractivity contribution in [2.24, 2.45) is 0 Å². The molecule has 2 amide bonds. The Morgan fingerprint density at radius 3 is 2.43 bits per heavy atom. The van der Waals surface area contributed by atoms with E-state index in [1.165, 1.54) is 6.20 Å². The van der Waals surface area contributed by atoms with Crippen LogP contribution in [0, 0.1) is 6.92 Å². The zero-order valence-corrected chi connectivity index (χ0v) is 24.1. The quantitative estimate of drug-likeness (QED) is 0.235. The number of nitrogens with one attached hydrogen (secondary N) is 3. The van der Waals surface area contributed by atoms with Crippen molar-refractivity contribution < 1.29 is 23.8 Å². The molecular formula is C32H33N5O5. The molecule has 0 unspecified atom stereocenters. The number of carbonyl (C=O) groups is 2. The van der Waals surface area contributed by atoms with E-state index in [0.717, 1.165) is 11.1 Å². The van der Waals surface area contributed by atoms with Crippen LogP contribution in [0.25, 0.3) is 0 Å². The number of carbonyl (C=O) groups excluding carboxylic acids is 2. The fourth-order valence-corrected chi connectivity index (χ4v) is 5.01. The third-order valence-electron chi connectivity index (χ3n) is 6.95. The Bertz CT molecular complexity index is 1680. The Morgan fingerprint density at radius 1 is 0.905 bits per heavy atom. The van der Waals surface area contributed by atoms with Gasteiger partial charge in [-0.15, -0.1) is 0 Å². The lowest BCUT2D eigenvalue weighted by atomic mass is 9.94. The van der Waals surface area contributed by atoms with Gasteiger partial charge in [0.05, 0.1) is 38.3 Å². The first-order valence-electron chi connectivity index (χ1n) is 13.5. The summed E-state index contributed by atoms with van der Waals surface area (Å²) in [6, 6.07) is 19.5. The first kappa shape index (κ1) is 28.3. The molecule has 5 rings (SSSR count). The first-order valence-corrected chi connectivity index (χ1v) is 13.5. The molecule has 10 nitrogen and oxygen atoms in total. The van der Waals surface area contributed by atoms with E-state index in [0.29, 0.717) is 57.9 Å². The van der Waals surface area contributed by atoms with E-state index in [1.807, 2.05) is 62.4 Å². The molecule has 0 aliphatic carbocycles. The maximum absolute atomic E-state index is 13.9. The molecule has 10 heteroatoms. The van der Waals surface area contributed by atoms with Crippen molar-refractivity contribution in [1.29, 1.82) is 0 Å². The topological polar surface area (TPSA) is 116 Å². The molecule has 1 aromatic heterocycles. The number of amides is 2. The minimum absolute atomic E-state index is 0.327. The van der Waals surface area contributed by atoms with Gasteiger partial charge >= 0.3 is 0 Å². The van der Waals surface area contributed by atoms with E-state index < -0.39 is 6.04 Å². The number of benzene rings is 3. The Hall–Kier alpha value is -5.25. The standard InChI is InChI=1S/C32H33N5O5/c1-6-42-26-15-14-21(17-27(26)41-5)29-28(32(39)36-24-12-7-8-13-25(24)40-4)20(3)34-30-23(18-33-37(29)30)31(38)35-22-11-9-10-19(2)16-22/h7-18,29,34H,6H2,1-5H3,(H,35,38)(H,36,39)/t29-/m1/s1. The Labute approximate surface area is 244 Å². The average Bonchev–Trinajstić information content (AvgIpc) is 3.40. The van der Waals surface area contributed by atoms with E-state index in [2.05, 4.69) is 21.0 Å². The summed E-state index contributed by atoms with van der Waals surface area (Å²) in [7, 11) is 3.11. The van der Waals surface area contributed by atoms with Crippen molar-refractivity contribution in [1.82, 2.24) is 9.78 Å². The van der Waals surface area contributed by atoms with Crippen LogP contribution in [0.1, 0.15) is 41.4 Å². The van der Waals surface area contributed by atoms with Gasteiger partial charge in [-0.05, 0) is 68.3 Å².